The van der Waals surface area contributed by atoms with E-state index in [0.29, 0.717) is 30.8 Å². The molecule has 0 aliphatic heterocycles. The number of hydrogen-bond donors (Lipinski definition) is 2. The van der Waals surface area contributed by atoms with E-state index >= 15 is 0 Å². The van der Waals surface area contributed by atoms with Gasteiger partial charge in [-0.1, -0.05) is 108 Å². The molecule has 2 aromatic rings. The fourth-order valence-electron chi connectivity index (χ4n) is 4.59. The van der Waals surface area contributed by atoms with Crippen molar-refractivity contribution in [2.24, 2.45) is 0 Å². The number of hydrogen-bond acceptors (Lipinski definition) is 7. The number of halogens is 2. The van der Waals surface area contributed by atoms with Crippen LogP contribution in [-0.2, 0) is 20.4 Å². The highest BCUT2D eigenvalue weighted by Crippen LogP contribution is 2.42. The van der Waals surface area contributed by atoms with Gasteiger partial charge in [-0.15, -0.1) is 0 Å². The molecule has 2 rings (SSSR count). The van der Waals surface area contributed by atoms with Crippen LogP contribution in [0.25, 0.3) is 11.2 Å². The fraction of sp³-hybridized carbons (Fsp3) is 0.759. The van der Waals surface area contributed by atoms with Crippen LogP contribution in [0.2, 0.25) is 5.15 Å². The Morgan fingerprint density at radius 2 is 1.56 bits per heavy atom. The average Bonchev–Trinajstić information content (AvgIpc) is 3.32. The van der Waals surface area contributed by atoms with Crippen molar-refractivity contribution in [3.8, 4) is 0 Å². The molecule has 0 radical (unpaired) electrons. The second-order valence-electron chi connectivity index (χ2n) is 10.6. The molecule has 2 aromatic heterocycles. The van der Waals surface area contributed by atoms with Gasteiger partial charge in [0.2, 0.25) is 5.95 Å². The molecular weight excluding hydrogens is 568 g/mol. The molecule has 2 heterocycles. The molecule has 234 valence electrons. The lowest BCUT2D eigenvalue weighted by atomic mass is 10.0. The van der Waals surface area contributed by atoms with Crippen molar-refractivity contribution in [1.82, 2.24) is 19.5 Å². The van der Waals surface area contributed by atoms with Crippen LogP contribution in [-0.4, -0.2) is 50.4 Å². The largest absolute Gasteiger partial charge is 0.381 e. The van der Waals surface area contributed by atoms with Crippen LogP contribution in [0.3, 0.4) is 0 Å². The third-order valence-electron chi connectivity index (χ3n) is 6.91. The Labute approximate surface area is 250 Å². The van der Waals surface area contributed by atoms with Crippen LogP contribution >= 0.6 is 19.2 Å². The smallest absolute Gasteiger partial charge is 0.328 e. The summed E-state index contributed by atoms with van der Waals surface area (Å²) in [7, 11) is -3.80. The van der Waals surface area contributed by atoms with Crippen LogP contribution in [0.1, 0.15) is 110 Å². The molecule has 0 amide bonds. The summed E-state index contributed by atoms with van der Waals surface area (Å²) in [5, 5.41) is 0.0919. The van der Waals surface area contributed by atoms with Crippen LogP contribution in [0.15, 0.2) is 18.2 Å². The maximum absolute atomic E-state index is 14.4. The summed E-state index contributed by atoms with van der Waals surface area (Å²) in [6.45, 7) is 3.43. The van der Waals surface area contributed by atoms with Crippen LogP contribution in [0.5, 0.6) is 0 Å². The molecule has 0 aliphatic carbocycles. The molecule has 3 N–H and O–H groups in total. The first-order valence-corrected chi connectivity index (χ1v) is 17.5. The number of aromatic nitrogens is 4. The zero-order chi connectivity index (χ0) is 29.8. The summed E-state index contributed by atoms with van der Waals surface area (Å²) in [6.07, 6.45) is 21.6. The Balaban J connectivity index is 1.42. The molecule has 41 heavy (non-hydrogen) atoms. The topological polar surface area (TPSA) is 125 Å². The second-order valence-corrected chi connectivity index (χ2v) is 13.0. The number of anilines is 1. The van der Waals surface area contributed by atoms with Crippen molar-refractivity contribution in [2.45, 2.75) is 116 Å². The zero-order valence-electron chi connectivity index (χ0n) is 24.7. The number of ether oxygens (including phenoxy) is 1. The van der Waals surface area contributed by atoms with Crippen LogP contribution < -0.4 is 5.73 Å². The van der Waals surface area contributed by atoms with E-state index in [1.807, 2.05) is 0 Å². The number of allylic oxidation sites excluding steroid dienone is 2. The van der Waals surface area contributed by atoms with Crippen molar-refractivity contribution in [2.75, 3.05) is 31.7 Å². The third-order valence-corrected chi connectivity index (χ3v) is 8.58. The molecule has 0 spiro atoms. The van der Waals surface area contributed by atoms with E-state index in [-0.39, 0.29) is 36.8 Å². The lowest BCUT2D eigenvalue weighted by molar-refractivity contribution is 0.113. The quantitative estimate of drug-likeness (QED) is 0.0646. The molecule has 0 fully saturated rings. The monoisotopic (exact) mass is 617 g/mol. The number of rotatable bonds is 25. The number of fused-ring (bicyclic) bond motifs is 1. The van der Waals surface area contributed by atoms with Gasteiger partial charge in [-0.2, -0.15) is 9.97 Å². The minimum Gasteiger partial charge on any atom is -0.381 e. The summed E-state index contributed by atoms with van der Waals surface area (Å²) >= 11 is 5.98. The Kier molecular flexibility index (Phi) is 18.4. The van der Waals surface area contributed by atoms with E-state index in [0.717, 1.165) is 6.42 Å². The van der Waals surface area contributed by atoms with Gasteiger partial charge < -0.3 is 24.5 Å². The molecule has 0 aliphatic rings. The van der Waals surface area contributed by atoms with Crippen molar-refractivity contribution in [3.63, 3.8) is 0 Å². The predicted molar refractivity (Wildman–Crippen MR) is 165 cm³/mol. The highest BCUT2D eigenvalue weighted by Gasteiger charge is 2.18. The molecule has 1 unspecified atom stereocenters. The van der Waals surface area contributed by atoms with Gasteiger partial charge in [0.05, 0.1) is 25.6 Å². The Morgan fingerprint density at radius 1 is 0.976 bits per heavy atom. The summed E-state index contributed by atoms with van der Waals surface area (Å²) in [4.78, 5) is 21.9. The average molecular weight is 618 g/mol. The Bertz CT molecular complexity index is 1070. The lowest BCUT2D eigenvalue weighted by Crippen LogP contribution is -2.03. The molecule has 0 bridgehead atoms. The Hall–Kier alpha value is -1.58. The van der Waals surface area contributed by atoms with Crippen molar-refractivity contribution in [1.29, 1.82) is 0 Å². The highest BCUT2D eigenvalue weighted by atomic mass is 35.5. The van der Waals surface area contributed by atoms with Gasteiger partial charge in [-0.3, -0.25) is 4.57 Å². The van der Waals surface area contributed by atoms with Gasteiger partial charge in [0.25, 0.3) is 0 Å². The maximum Gasteiger partial charge on any atom is 0.328 e. The maximum atomic E-state index is 14.4. The van der Waals surface area contributed by atoms with Crippen molar-refractivity contribution < 1.29 is 23.1 Å². The molecule has 1 atom stereocenters. The summed E-state index contributed by atoms with van der Waals surface area (Å²) in [5.41, 5.74) is 6.24. The van der Waals surface area contributed by atoms with Crippen molar-refractivity contribution in [3.05, 3.63) is 23.4 Å². The SMILES string of the molecule is CCCCCCCCCCCCCCCCOCCCOP(=O)(O)CCC=C(F)Cn1cnc2c(Cl)nc(N)nc21. The van der Waals surface area contributed by atoms with E-state index in [4.69, 9.17) is 26.6 Å². The summed E-state index contributed by atoms with van der Waals surface area (Å²) < 4.78 is 38.8. The standard InChI is InChI=1S/C29H50ClFN5O4P/c1-2-3-4-5-6-7-8-9-10-11-12-13-14-15-19-39-20-17-21-40-41(37,38)22-16-18-25(31)23-36-24-33-26-27(30)34-29(32)35-28(26)36/h18,24H,2-17,19-23H2,1H3,(H,37,38)(H2,32,34,35). The van der Waals surface area contributed by atoms with Crippen molar-refractivity contribution >= 4 is 36.3 Å². The molecule has 0 saturated heterocycles. The zero-order valence-corrected chi connectivity index (χ0v) is 26.4. The molecule has 0 saturated carbocycles. The second kappa shape index (κ2) is 21.2. The van der Waals surface area contributed by atoms with Crippen LogP contribution in [0, 0.1) is 0 Å². The summed E-state index contributed by atoms with van der Waals surface area (Å²) in [6, 6.07) is 0. The van der Waals surface area contributed by atoms with Crippen LogP contribution in [0.4, 0.5) is 10.3 Å². The van der Waals surface area contributed by atoms with Gasteiger partial charge >= 0.3 is 7.60 Å². The number of nitrogen functional groups attached to an aromatic ring is 1. The van der Waals surface area contributed by atoms with E-state index in [1.54, 1.807) is 0 Å². The number of imidazole rings is 1. The van der Waals surface area contributed by atoms with Gasteiger partial charge in [-0.05, 0) is 19.3 Å². The minimum absolute atomic E-state index is 0.0350. The van der Waals surface area contributed by atoms with Gasteiger partial charge in [-0.25, -0.2) is 9.37 Å². The fourth-order valence-corrected chi connectivity index (χ4v) is 5.81. The number of nitrogens with two attached hydrogens (primary N) is 1. The first-order chi connectivity index (χ1) is 19.8. The molecule has 12 heteroatoms. The van der Waals surface area contributed by atoms with E-state index in [1.165, 1.54) is 100 Å². The highest BCUT2D eigenvalue weighted by molar-refractivity contribution is 7.52. The van der Waals surface area contributed by atoms with E-state index in [2.05, 4.69) is 21.9 Å². The molecular formula is C29H50ClFN5O4P. The summed E-state index contributed by atoms with van der Waals surface area (Å²) in [5.74, 6) is -0.540. The minimum atomic E-state index is -3.80. The number of unbranched alkanes of at least 4 members (excludes halogenated alkanes) is 13. The third kappa shape index (κ3) is 16.0. The number of nitrogens with zero attached hydrogens (tertiary/aromatic N) is 4. The predicted octanol–water partition coefficient (Wildman–Crippen LogP) is 8.40. The normalized spacial score (nSPS) is 13.7. The Morgan fingerprint density at radius 3 is 2.20 bits per heavy atom. The van der Waals surface area contributed by atoms with E-state index in [9.17, 15) is 13.8 Å². The van der Waals surface area contributed by atoms with Gasteiger partial charge in [0.1, 0.15) is 11.3 Å². The lowest BCUT2D eigenvalue weighted by Gasteiger charge is -2.11. The van der Waals surface area contributed by atoms with E-state index < -0.39 is 13.4 Å². The first-order valence-electron chi connectivity index (χ1n) is 15.3. The van der Waals surface area contributed by atoms with Gasteiger partial charge in [0.15, 0.2) is 10.8 Å². The molecule has 9 nitrogen and oxygen atoms in total. The molecule has 0 aromatic carbocycles. The van der Waals surface area contributed by atoms with Gasteiger partial charge in [0, 0.05) is 13.2 Å². The first kappa shape index (κ1) is 35.6.